The van der Waals surface area contributed by atoms with Crippen LogP contribution in [0.3, 0.4) is 0 Å². The molecule has 0 radical (unpaired) electrons. The number of esters is 2. The molecule has 0 saturated carbocycles. The van der Waals surface area contributed by atoms with E-state index in [9.17, 15) is 9.59 Å². The summed E-state index contributed by atoms with van der Waals surface area (Å²) in [7, 11) is 2.70. The molecule has 5 heteroatoms. The molecular weight excluding hydrogens is 536 g/mol. The highest BCUT2D eigenvalue weighted by atomic mass is 16.5. The fourth-order valence-electron chi connectivity index (χ4n) is 4.29. The zero-order valence-corrected chi connectivity index (χ0v) is 27.3. The van der Waals surface area contributed by atoms with Crippen LogP contribution in [0.25, 0.3) is 0 Å². The van der Waals surface area contributed by atoms with Crippen molar-refractivity contribution in [3.05, 3.63) is 130 Å². The highest BCUT2D eigenvalue weighted by molar-refractivity contribution is 5.65. The third-order valence-corrected chi connectivity index (χ3v) is 7.51. The van der Waals surface area contributed by atoms with Gasteiger partial charge in [0.1, 0.15) is 11.5 Å². The van der Waals surface area contributed by atoms with Gasteiger partial charge < -0.3 is 14.2 Å². The van der Waals surface area contributed by atoms with Crippen LogP contribution >= 0.6 is 0 Å². The lowest BCUT2D eigenvalue weighted by Gasteiger charge is -2.27. The number of rotatable bonds is 6. The number of benzene rings is 4. The van der Waals surface area contributed by atoms with Crippen LogP contribution in [-0.2, 0) is 29.9 Å². The van der Waals surface area contributed by atoms with Gasteiger partial charge in [-0.2, -0.15) is 0 Å². The van der Waals surface area contributed by atoms with Gasteiger partial charge in [0, 0.05) is 24.7 Å². The molecule has 228 valence electrons. The van der Waals surface area contributed by atoms with Crippen LogP contribution in [-0.4, -0.2) is 26.2 Å². The molecule has 5 nitrogen and oxygen atoms in total. The molecule has 0 amide bonds. The molecule has 0 fully saturated rings. The molecule has 4 rings (SSSR count). The first-order valence-electron chi connectivity index (χ1n) is 14.3. The van der Waals surface area contributed by atoms with E-state index in [0.29, 0.717) is 0 Å². The number of hydrogen-bond donors (Lipinski definition) is 0. The molecule has 0 aliphatic heterocycles. The summed E-state index contributed by atoms with van der Waals surface area (Å²) in [6.07, 6.45) is 0. The van der Waals surface area contributed by atoms with Crippen LogP contribution in [0.5, 0.6) is 11.5 Å². The van der Waals surface area contributed by atoms with Crippen LogP contribution in [0.15, 0.2) is 97.1 Å². The maximum Gasteiger partial charge on any atom is 0.302 e. The molecule has 0 atom stereocenters. The van der Waals surface area contributed by atoms with Gasteiger partial charge >= 0.3 is 11.9 Å². The molecule has 0 heterocycles. The summed E-state index contributed by atoms with van der Waals surface area (Å²) in [6, 6.07) is 34.5. The Labute approximate surface area is 257 Å². The van der Waals surface area contributed by atoms with Crippen molar-refractivity contribution in [3.63, 3.8) is 0 Å². The monoisotopic (exact) mass is 582 g/mol. The van der Waals surface area contributed by atoms with Crippen molar-refractivity contribution in [3.8, 4) is 11.5 Å². The number of hydrogen-bond acceptors (Lipinski definition) is 5. The summed E-state index contributed by atoms with van der Waals surface area (Å²) in [5.41, 5.74) is 7.62. The topological polar surface area (TPSA) is 61.8 Å². The Morgan fingerprint density at radius 2 is 0.674 bits per heavy atom. The quantitative estimate of drug-likeness (QED) is 0.212. The van der Waals surface area contributed by atoms with E-state index in [1.807, 2.05) is 0 Å². The molecule has 4 aromatic rings. The Balaban J connectivity index is 0.000000559. The Morgan fingerprint density at radius 1 is 0.465 bits per heavy atom. The van der Waals surface area contributed by atoms with Gasteiger partial charge in [0.05, 0.1) is 14.2 Å². The summed E-state index contributed by atoms with van der Waals surface area (Å²) in [6.45, 7) is 16.0. The Kier molecular flexibility index (Phi) is 12.7. The first-order chi connectivity index (χ1) is 20.2. The first-order valence-corrected chi connectivity index (χ1v) is 14.3. The lowest BCUT2D eigenvalue weighted by molar-refractivity contribution is -0.138. The van der Waals surface area contributed by atoms with E-state index in [4.69, 9.17) is 4.74 Å². The molecule has 0 N–H and O–H groups in total. The van der Waals surface area contributed by atoms with Crippen LogP contribution in [0.4, 0.5) is 0 Å². The molecule has 0 aromatic heterocycles. The summed E-state index contributed by atoms with van der Waals surface area (Å²) < 4.78 is 14.4. The highest BCUT2D eigenvalue weighted by Gasteiger charge is 2.24. The lowest BCUT2D eigenvalue weighted by atomic mass is 9.78. The van der Waals surface area contributed by atoms with Gasteiger partial charge in [0.2, 0.25) is 0 Å². The minimum absolute atomic E-state index is 0.0601. The molecule has 0 aliphatic carbocycles. The zero-order valence-electron chi connectivity index (χ0n) is 27.3. The number of carbonyl (C=O) groups excluding carboxylic acids is 2. The van der Waals surface area contributed by atoms with Crippen LogP contribution in [0.1, 0.15) is 74.9 Å². The van der Waals surface area contributed by atoms with Crippen LogP contribution in [0.2, 0.25) is 0 Å². The molecule has 0 saturated heterocycles. The van der Waals surface area contributed by atoms with E-state index in [2.05, 4.69) is 148 Å². The van der Waals surface area contributed by atoms with E-state index in [-0.39, 0.29) is 22.8 Å². The van der Waals surface area contributed by atoms with Gasteiger partial charge in [-0.25, -0.2) is 0 Å². The summed E-state index contributed by atoms with van der Waals surface area (Å²) in [5, 5.41) is 0. The average Bonchev–Trinajstić information content (AvgIpc) is 2.99. The van der Waals surface area contributed by atoms with Gasteiger partial charge in [-0.1, -0.05) is 112 Å². The van der Waals surface area contributed by atoms with E-state index < -0.39 is 0 Å². The second kappa shape index (κ2) is 15.7. The molecular formula is C38H46O5. The van der Waals surface area contributed by atoms with Gasteiger partial charge in [-0.05, 0) is 60.4 Å². The van der Waals surface area contributed by atoms with Crippen molar-refractivity contribution >= 4 is 11.9 Å². The average molecular weight is 583 g/mol. The highest BCUT2D eigenvalue weighted by Crippen LogP contribution is 2.35. The smallest absolute Gasteiger partial charge is 0.302 e. The standard InChI is InChI=1S/C32H34O.2C3H6O2/c1-23-7-11-25(12-8-23)31(3,4)27-15-19-29(20-16-27)33-30-21-17-28(18-22-30)32(5,6)26-13-9-24(2)10-14-26;2*1-3(4)5-2/h7-22H,1-6H3;2*1-2H3. The summed E-state index contributed by atoms with van der Waals surface area (Å²) >= 11 is 0. The van der Waals surface area contributed by atoms with Crippen molar-refractivity contribution in [1.82, 2.24) is 0 Å². The van der Waals surface area contributed by atoms with Crippen LogP contribution < -0.4 is 4.74 Å². The molecule has 43 heavy (non-hydrogen) atoms. The van der Waals surface area contributed by atoms with Gasteiger partial charge in [0.25, 0.3) is 0 Å². The fourth-order valence-corrected chi connectivity index (χ4v) is 4.29. The van der Waals surface area contributed by atoms with Crippen molar-refractivity contribution in [2.75, 3.05) is 14.2 Å². The van der Waals surface area contributed by atoms with Gasteiger partial charge in [-0.3, -0.25) is 9.59 Å². The Bertz CT molecular complexity index is 1320. The first kappa shape index (κ1) is 34.8. The molecule has 0 spiro atoms. The minimum atomic E-state index is -0.245. The number of aryl methyl sites for hydroxylation is 2. The van der Waals surface area contributed by atoms with Gasteiger partial charge in [0.15, 0.2) is 0 Å². The fraction of sp³-hybridized carbons (Fsp3) is 0.316. The van der Waals surface area contributed by atoms with Crippen LogP contribution in [0, 0.1) is 13.8 Å². The van der Waals surface area contributed by atoms with Crippen molar-refractivity contribution < 1.29 is 23.8 Å². The molecule has 0 unspecified atom stereocenters. The third kappa shape index (κ3) is 10.4. The lowest BCUT2D eigenvalue weighted by Crippen LogP contribution is -2.18. The van der Waals surface area contributed by atoms with Crippen molar-refractivity contribution in [2.24, 2.45) is 0 Å². The number of carbonyl (C=O) groups is 2. The minimum Gasteiger partial charge on any atom is -0.469 e. The van der Waals surface area contributed by atoms with E-state index in [1.54, 1.807) is 0 Å². The Morgan fingerprint density at radius 3 is 0.884 bits per heavy atom. The molecule has 0 aliphatic rings. The summed E-state index contributed by atoms with van der Waals surface area (Å²) in [4.78, 5) is 19.2. The zero-order chi connectivity index (χ0) is 32.2. The Hall–Kier alpha value is -4.38. The molecule has 4 aromatic carbocycles. The number of ether oxygens (including phenoxy) is 3. The third-order valence-electron chi connectivity index (χ3n) is 7.51. The summed E-state index contributed by atoms with van der Waals surface area (Å²) in [5.74, 6) is 1.21. The number of methoxy groups -OCH3 is 2. The predicted octanol–water partition coefficient (Wildman–Crippen LogP) is 9.11. The second-order valence-electron chi connectivity index (χ2n) is 11.5. The van der Waals surface area contributed by atoms with E-state index in [1.165, 1.54) is 61.4 Å². The van der Waals surface area contributed by atoms with E-state index in [0.717, 1.165) is 11.5 Å². The SMILES string of the molecule is COC(C)=O.COC(C)=O.Cc1ccc(C(C)(C)c2ccc(Oc3ccc(C(C)(C)c4ccc(C)cc4)cc3)cc2)cc1. The normalized spacial score (nSPS) is 10.7. The van der Waals surface area contributed by atoms with Crippen molar-refractivity contribution in [2.45, 2.75) is 66.2 Å². The maximum absolute atomic E-state index is 9.59. The largest absolute Gasteiger partial charge is 0.469 e. The van der Waals surface area contributed by atoms with Gasteiger partial charge in [-0.15, -0.1) is 0 Å². The van der Waals surface area contributed by atoms with E-state index >= 15 is 0 Å². The second-order valence-corrected chi connectivity index (χ2v) is 11.5. The van der Waals surface area contributed by atoms with Crippen molar-refractivity contribution in [1.29, 1.82) is 0 Å². The predicted molar refractivity (Wildman–Crippen MR) is 175 cm³/mol. The molecule has 0 bridgehead atoms. The maximum atomic E-state index is 9.59.